The summed E-state index contributed by atoms with van der Waals surface area (Å²) in [6, 6.07) is 8.20. The van der Waals surface area contributed by atoms with E-state index in [1.165, 1.54) is 5.56 Å². The van der Waals surface area contributed by atoms with Crippen molar-refractivity contribution >= 4 is 5.91 Å². The maximum atomic E-state index is 11.4. The molecule has 1 unspecified atom stereocenters. The van der Waals surface area contributed by atoms with Crippen LogP contribution in [0.2, 0.25) is 0 Å². The van der Waals surface area contributed by atoms with E-state index in [-0.39, 0.29) is 18.6 Å². The molecule has 0 saturated heterocycles. The van der Waals surface area contributed by atoms with Gasteiger partial charge in [0.2, 0.25) is 0 Å². The van der Waals surface area contributed by atoms with Crippen molar-refractivity contribution in [2.45, 2.75) is 32.9 Å². The Labute approximate surface area is 109 Å². The summed E-state index contributed by atoms with van der Waals surface area (Å²) in [6.07, 6.45) is 0. The molecule has 1 amide bonds. The SMILES string of the molecule is CNC(C)c1ccc(OCC(=O)NC(C)C)cc1. The second-order valence-corrected chi connectivity index (χ2v) is 4.59. The van der Waals surface area contributed by atoms with Crippen molar-refractivity contribution < 1.29 is 9.53 Å². The monoisotopic (exact) mass is 250 g/mol. The van der Waals surface area contributed by atoms with E-state index in [1.54, 1.807) is 0 Å². The first-order chi connectivity index (χ1) is 8.52. The third kappa shape index (κ3) is 4.75. The molecular formula is C14H22N2O2. The molecule has 0 aliphatic carbocycles. The lowest BCUT2D eigenvalue weighted by Crippen LogP contribution is -2.34. The molecule has 0 aromatic heterocycles. The summed E-state index contributed by atoms with van der Waals surface area (Å²) >= 11 is 0. The fraction of sp³-hybridized carbons (Fsp3) is 0.500. The molecule has 0 saturated carbocycles. The van der Waals surface area contributed by atoms with Gasteiger partial charge in [0.1, 0.15) is 5.75 Å². The van der Waals surface area contributed by atoms with Crippen LogP contribution in [-0.4, -0.2) is 25.6 Å². The first-order valence-electron chi connectivity index (χ1n) is 6.22. The number of amides is 1. The molecule has 18 heavy (non-hydrogen) atoms. The van der Waals surface area contributed by atoms with Gasteiger partial charge in [0.05, 0.1) is 0 Å². The topological polar surface area (TPSA) is 50.4 Å². The van der Waals surface area contributed by atoms with Gasteiger partial charge in [-0.3, -0.25) is 4.79 Å². The predicted molar refractivity (Wildman–Crippen MR) is 72.7 cm³/mol. The smallest absolute Gasteiger partial charge is 0.258 e. The molecule has 0 spiro atoms. The number of benzene rings is 1. The fourth-order valence-electron chi connectivity index (χ4n) is 1.53. The molecule has 100 valence electrons. The number of hydrogen-bond acceptors (Lipinski definition) is 3. The fourth-order valence-corrected chi connectivity index (χ4v) is 1.53. The Morgan fingerprint density at radius 1 is 1.22 bits per heavy atom. The van der Waals surface area contributed by atoms with E-state index in [1.807, 2.05) is 45.2 Å². The number of ether oxygens (including phenoxy) is 1. The van der Waals surface area contributed by atoms with E-state index >= 15 is 0 Å². The van der Waals surface area contributed by atoms with Gasteiger partial charge in [-0.2, -0.15) is 0 Å². The van der Waals surface area contributed by atoms with Crippen LogP contribution in [0.4, 0.5) is 0 Å². The van der Waals surface area contributed by atoms with E-state index in [2.05, 4.69) is 17.6 Å². The molecule has 0 bridgehead atoms. The second-order valence-electron chi connectivity index (χ2n) is 4.59. The number of hydrogen-bond donors (Lipinski definition) is 2. The maximum absolute atomic E-state index is 11.4. The molecule has 0 heterocycles. The third-order valence-corrected chi connectivity index (χ3v) is 2.63. The molecule has 1 rings (SSSR count). The van der Waals surface area contributed by atoms with Crippen molar-refractivity contribution in [3.63, 3.8) is 0 Å². The average Bonchev–Trinajstić information content (AvgIpc) is 2.35. The van der Waals surface area contributed by atoms with Crippen LogP contribution < -0.4 is 15.4 Å². The van der Waals surface area contributed by atoms with Gasteiger partial charge < -0.3 is 15.4 Å². The highest BCUT2D eigenvalue weighted by Crippen LogP contribution is 2.17. The standard InChI is InChI=1S/C14H22N2O2/c1-10(2)16-14(17)9-18-13-7-5-12(6-8-13)11(3)15-4/h5-8,10-11,15H,9H2,1-4H3,(H,16,17). The summed E-state index contributed by atoms with van der Waals surface area (Å²) in [6.45, 7) is 5.99. The van der Waals surface area contributed by atoms with Crippen molar-refractivity contribution in [3.05, 3.63) is 29.8 Å². The lowest BCUT2D eigenvalue weighted by molar-refractivity contribution is -0.123. The minimum absolute atomic E-state index is 0.0547. The molecule has 1 aromatic carbocycles. The first kappa shape index (κ1) is 14.5. The summed E-state index contributed by atoms with van der Waals surface area (Å²) in [4.78, 5) is 11.4. The van der Waals surface area contributed by atoms with Gasteiger partial charge in [-0.1, -0.05) is 12.1 Å². The van der Waals surface area contributed by atoms with Crippen molar-refractivity contribution in [1.29, 1.82) is 0 Å². The van der Waals surface area contributed by atoms with Crippen LogP contribution in [-0.2, 0) is 4.79 Å². The summed E-state index contributed by atoms with van der Waals surface area (Å²) in [7, 11) is 1.92. The third-order valence-electron chi connectivity index (χ3n) is 2.63. The number of rotatable bonds is 6. The van der Waals surface area contributed by atoms with Gasteiger partial charge in [0.15, 0.2) is 6.61 Å². The Kier molecular flexibility index (Phi) is 5.65. The van der Waals surface area contributed by atoms with E-state index in [0.717, 1.165) is 0 Å². The van der Waals surface area contributed by atoms with Crippen molar-refractivity contribution in [1.82, 2.24) is 10.6 Å². The Morgan fingerprint density at radius 2 is 1.83 bits per heavy atom. The van der Waals surface area contributed by atoms with Gasteiger partial charge >= 0.3 is 0 Å². The Morgan fingerprint density at radius 3 is 2.33 bits per heavy atom. The van der Waals surface area contributed by atoms with Gasteiger partial charge in [0.25, 0.3) is 5.91 Å². The normalized spacial score (nSPS) is 12.3. The number of carbonyl (C=O) groups excluding carboxylic acids is 1. The van der Waals surface area contributed by atoms with E-state index < -0.39 is 0 Å². The number of carbonyl (C=O) groups is 1. The molecular weight excluding hydrogens is 228 g/mol. The van der Waals surface area contributed by atoms with Crippen molar-refractivity contribution in [2.24, 2.45) is 0 Å². The van der Waals surface area contributed by atoms with Gasteiger partial charge in [-0.05, 0) is 45.5 Å². The summed E-state index contributed by atoms with van der Waals surface area (Å²) in [5, 5.41) is 5.95. The lowest BCUT2D eigenvalue weighted by atomic mass is 10.1. The summed E-state index contributed by atoms with van der Waals surface area (Å²) < 4.78 is 5.40. The maximum Gasteiger partial charge on any atom is 0.258 e. The molecule has 0 fully saturated rings. The molecule has 4 heteroatoms. The van der Waals surface area contributed by atoms with E-state index in [4.69, 9.17) is 4.74 Å². The van der Waals surface area contributed by atoms with Crippen LogP contribution in [0.5, 0.6) is 5.75 Å². The molecule has 0 aliphatic rings. The van der Waals surface area contributed by atoms with Gasteiger partial charge in [0, 0.05) is 12.1 Å². The molecule has 4 nitrogen and oxygen atoms in total. The largest absolute Gasteiger partial charge is 0.484 e. The molecule has 0 radical (unpaired) electrons. The Bertz CT molecular complexity index is 374. The number of nitrogens with one attached hydrogen (secondary N) is 2. The van der Waals surface area contributed by atoms with Crippen molar-refractivity contribution in [2.75, 3.05) is 13.7 Å². The minimum Gasteiger partial charge on any atom is -0.484 e. The first-order valence-corrected chi connectivity index (χ1v) is 6.22. The molecule has 1 aromatic rings. The highest BCUT2D eigenvalue weighted by molar-refractivity contribution is 5.77. The molecule has 1 atom stereocenters. The second kappa shape index (κ2) is 7.01. The van der Waals surface area contributed by atoms with E-state index in [0.29, 0.717) is 11.8 Å². The predicted octanol–water partition coefficient (Wildman–Crippen LogP) is 1.87. The van der Waals surface area contributed by atoms with Crippen LogP contribution in [0.1, 0.15) is 32.4 Å². The van der Waals surface area contributed by atoms with Crippen LogP contribution in [0.3, 0.4) is 0 Å². The zero-order valence-electron chi connectivity index (χ0n) is 11.5. The zero-order chi connectivity index (χ0) is 13.5. The average molecular weight is 250 g/mol. The van der Waals surface area contributed by atoms with Gasteiger partial charge in [-0.25, -0.2) is 0 Å². The van der Waals surface area contributed by atoms with Crippen LogP contribution >= 0.6 is 0 Å². The van der Waals surface area contributed by atoms with E-state index in [9.17, 15) is 4.79 Å². The Hall–Kier alpha value is -1.55. The highest BCUT2D eigenvalue weighted by Gasteiger charge is 2.05. The Balaban J connectivity index is 2.46. The molecule has 0 aliphatic heterocycles. The highest BCUT2D eigenvalue weighted by atomic mass is 16.5. The summed E-state index contributed by atoms with van der Waals surface area (Å²) in [5.41, 5.74) is 1.19. The molecule has 2 N–H and O–H groups in total. The summed E-state index contributed by atoms with van der Waals surface area (Å²) in [5.74, 6) is 0.610. The zero-order valence-corrected chi connectivity index (χ0v) is 11.5. The van der Waals surface area contributed by atoms with Crippen molar-refractivity contribution in [3.8, 4) is 5.75 Å². The quantitative estimate of drug-likeness (QED) is 0.810. The van der Waals surface area contributed by atoms with Crippen LogP contribution in [0.25, 0.3) is 0 Å². The minimum atomic E-state index is -0.0994. The van der Waals surface area contributed by atoms with Gasteiger partial charge in [-0.15, -0.1) is 0 Å². The lowest BCUT2D eigenvalue weighted by Gasteiger charge is -2.12. The van der Waals surface area contributed by atoms with Crippen LogP contribution in [0, 0.1) is 0 Å². The van der Waals surface area contributed by atoms with Crippen LogP contribution in [0.15, 0.2) is 24.3 Å².